The summed E-state index contributed by atoms with van der Waals surface area (Å²) in [6.07, 6.45) is 1.15. The van der Waals surface area contributed by atoms with E-state index < -0.39 is 11.8 Å². The van der Waals surface area contributed by atoms with Gasteiger partial charge in [0, 0.05) is 23.6 Å². The molecule has 5 heteroatoms. The predicted molar refractivity (Wildman–Crippen MR) is 89.0 cm³/mol. The molecule has 0 spiro atoms. The molecule has 0 saturated heterocycles. The maximum absolute atomic E-state index is 13.2. The Morgan fingerprint density at radius 3 is 2.57 bits per heavy atom. The largest absolute Gasteiger partial charge is 0.352 e. The van der Waals surface area contributed by atoms with Crippen molar-refractivity contribution in [3.63, 3.8) is 0 Å². The highest BCUT2D eigenvalue weighted by molar-refractivity contribution is 7.80. The number of hydrogen-bond acceptors (Lipinski definition) is 3. The van der Waals surface area contributed by atoms with Crippen molar-refractivity contribution >= 4 is 23.0 Å². The SMILES string of the molecule is CC1(C)CC(=O)C2=C(C1)NC(=S)[C@H](C#N)[C@@H]2c1ccc(F)cc1. The molecule has 2 atom stereocenters. The van der Waals surface area contributed by atoms with Crippen molar-refractivity contribution in [2.75, 3.05) is 0 Å². The molecule has 2 aliphatic rings. The van der Waals surface area contributed by atoms with Crippen molar-refractivity contribution in [1.82, 2.24) is 5.32 Å². The van der Waals surface area contributed by atoms with Crippen molar-refractivity contribution in [2.45, 2.75) is 32.6 Å². The molecule has 1 aliphatic carbocycles. The zero-order chi connectivity index (χ0) is 16.8. The molecule has 1 heterocycles. The molecule has 118 valence electrons. The fraction of sp³-hybridized carbons (Fsp3) is 0.389. The lowest BCUT2D eigenvalue weighted by Crippen LogP contribution is -2.44. The maximum atomic E-state index is 13.2. The zero-order valence-electron chi connectivity index (χ0n) is 13.0. The lowest BCUT2D eigenvalue weighted by atomic mass is 9.67. The number of carbonyl (C=O) groups excluding carboxylic acids is 1. The number of hydrogen-bond donors (Lipinski definition) is 1. The summed E-state index contributed by atoms with van der Waals surface area (Å²) < 4.78 is 13.2. The van der Waals surface area contributed by atoms with E-state index in [1.807, 2.05) is 13.8 Å². The van der Waals surface area contributed by atoms with Crippen LogP contribution in [0, 0.1) is 28.5 Å². The van der Waals surface area contributed by atoms with Crippen LogP contribution in [0.4, 0.5) is 4.39 Å². The second-order valence-corrected chi connectivity index (χ2v) is 7.40. The van der Waals surface area contributed by atoms with E-state index in [1.165, 1.54) is 12.1 Å². The molecule has 0 radical (unpaired) electrons. The highest BCUT2D eigenvalue weighted by Crippen LogP contribution is 2.45. The number of halogens is 1. The van der Waals surface area contributed by atoms with Gasteiger partial charge in [0.2, 0.25) is 0 Å². The van der Waals surface area contributed by atoms with E-state index in [-0.39, 0.29) is 17.0 Å². The molecule has 0 aromatic heterocycles. The van der Waals surface area contributed by atoms with Crippen LogP contribution in [0.15, 0.2) is 35.5 Å². The Kier molecular flexibility index (Phi) is 3.81. The number of rotatable bonds is 1. The summed E-state index contributed by atoms with van der Waals surface area (Å²) >= 11 is 5.36. The van der Waals surface area contributed by atoms with E-state index in [0.717, 1.165) is 11.3 Å². The van der Waals surface area contributed by atoms with Gasteiger partial charge < -0.3 is 5.32 Å². The van der Waals surface area contributed by atoms with Crippen LogP contribution < -0.4 is 5.32 Å². The van der Waals surface area contributed by atoms with Crippen LogP contribution in [0.1, 0.15) is 38.2 Å². The van der Waals surface area contributed by atoms with Crippen LogP contribution in [0.2, 0.25) is 0 Å². The molecule has 1 aromatic rings. The number of nitriles is 1. The molecule has 0 bridgehead atoms. The van der Waals surface area contributed by atoms with E-state index in [2.05, 4.69) is 11.4 Å². The van der Waals surface area contributed by atoms with Crippen LogP contribution in [-0.4, -0.2) is 10.8 Å². The fourth-order valence-electron chi connectivity index (χ4n) is 3.51. The number of nitrogens with one attached hydrogen (secondary N) is 1. The average molecular weight is 328 g/mol. The molecule has 23 heavy (non-hydrogen) atoms. The standard InChI is InChI=1S/C18H17FN2OS/c1-18(2)7-13-16(14(22)8-18)15(12(9-20)17(23)21-13)10-3-5-11(19)6-4-10/h3-6,12,15H,7-8H2,1-2H3,(H,21,23)/t12-,15+/m1/s1. The normalized spacial score (nSPS) is 26.3. The minimum Gasteiger partial charge on any atom is -0.352 e. The summed E-state index contributed by atoms with van der Waals surface area (Å²) in [7, 11) is 0. The Morgan fingerprint density at radius 2 is 1.96 bits per heavy atom. The van der Waals surface area contributed by atoms with Gasteiger partial charge in [-0.2, -0.15) is 5.26 Å². The highest BCUT2D eigenvalue weighted by Gasteiger charge is 2.44. The van der Waals surface area contributed by atoms with Gasteiger partial charge in [-0.05, 0) is 29.5 Å². The van der Waals surface area contributed by atoms with E-state index in [9.17, 15) is 14.4 Å². The number of carbonyl (C=O) groups is 1. The molecule has 1 aliphatic heterocycles. The molecular formula is C18H17FN2OS. The number of ketones is 1. The zero-order valence-corrected chi connectivity index (χ0v) is 13.8. The molecule has 1 N–H and O–H groups in total. The van der Waals surface area contributed by atoms with E-state index in [0.29, 0.717) is 23.4 Å². The molecule has 0 saturated carbocycles. The third-order valence-corrected chi connectivity index (χ3v) is 4.85. The summed E-state index contributed by atoms with van der Waals surface area (Å²) in [6.45, 7) is 4.09. The monoisotopic (exact) mass is 328 g/mol. The molecule has 3 nitrogen and oxygen atoms in total. The first-order valence-corrected chi connectivity index (χ1v) is 7.95. The Labute approximate surface area is 140 Å². The van der Waals surface area contributed by atoms with Crippen molar-refractivity contribution in [1.29, 1.82) is 5.26 Å². The Balaban J connectivity index is 2.16. The first-order chi connectivity index (χ1) is 10.8. The van der Waals surface area contributed by atoms with Gasteiger partial charge >= 0.3 is 0 Å². The Morgan fingerprint density at radius 1 is 1.30 bits per heavy atom. The number of thiocarbonyl (C=S) groups is 1. The average Bonchev–Trinajstić information content (AvgIpc) is 2.45. The van der Waals surface area contributed by atoms with Gasteiger partial charge in [-0.15, -0.1) is 0 Å². The quantitative estimate of drug-likeness (QED) is 0.800. The van der Waals surface area contributed by atoms with Crippen LogP contribution in [0.3, 0.4) is 0 Å². The Bertz CT molecular complexity index is 758. The number of allylic oxidation sites excluding steroid dienone is 2. The lowest BCUT2D eigenvalue weighted by molar-refractivity contribution is -0.118. The topological polar surface area (TPSA) is 52.9 Å². The molecule has 1 aromatic carbocycles. The number of benzene rings is 1. The van der Waals surface area contributed by atoms with Gasteiger partial charge in [0.25, 0.3) is 0 Å². The highest BCUT2D eigenvalue weighted by atomic mass is 32.1. The third-order valence-electron chi connectivity index (χ3n) is 4.49. The van der Waals surface area contributed by atoms with Crippen molar-refractivity contribution in [2.24, 2.45) is 11.3 Å². The van der Waals surface area contributed by atoms with Gasteiger partial charge in [0.15, 0.2) is 5.78 Å². The fourth-order valence-corrected chi connectivity index (χ4v) is 3.83. The summed E-state index contributed by atoms with van der Waals surface area (Å²) in [4.78, 5) is 13.2. The second kappa shape index (κ2) is 5.54. The smallest absolute Gasteiger partial charge is 0.161 e. The number of Topliss-reactive ketones (excluding diaryl/α,β-unsaturated/α-hetero) is 1. The second-order valence-electron chi connectivity index (χ2n) is 6.96. The van der Waals surface area contributed by atoms with Crippen molar-refractivity contribution < 1.29 is 9.18 Å². The third kappa shape index (κ3) is 2.79. The first-order valence-electron chi connectivity index (χ1n) is 7.54. The Hall–Kier alpha value is -2.06. The summed E-state index contributed by atoms with van der Waals surface area (Å²) in [5.74, 6) is -1.34. The minimum absolute atomic E-state index is 0.0424. The van der Waals surface area contributed by atoms with Crippen LogP contribution in [0.5, 0.6) is 0 Å². The predicted octanol–water partition coefficient (Wildman–Crippen LogP) is 3.62. The molecule has 0 unspecified atom stereocenters. The molecule has 0 amide bonds. The van der Waals surface area contributed by atoms with Gasteiger partial charge in [-0.3, -0.25) is 4.79 Å². The summed E-state index contributed by atoms with van der Waals surface area (Å²) in [6, 6.07) is 8.18. The first kappa shape index (κ1) is 15.8. The van der Waals surface area contributed by atoms with Crippen LogP contribution in [0.25, 0.3) is 0 Å². The molecule has 0 fully saturated rings. The maximum Gasteiger partial charge on any atom is 0.161 e. The van der Waals surface area contributed by atoms with Gasteiger partial charge in [0.05, 0.1) is 11.1 Å². The summed E-state index contributed by atoms with van der Waals surface area (Å²) in [5, 5.41) is 12.7. The van der Waals surface area contributed by atoms with Gasteiger partial charge in [0.1, 0.15) is 11.7 Å². The summed E-state index contributed by atoms with van der Waals surface area (Å²) in [5.41, 5.74) is 2.07. The minimum atomic E-state index is -0.612. The van der Waals surface area contributed by atoms with Crippen LogP contribution >= 0.6 is 12.2 Å². The van der Waals surface area contributed by atoms with E-state index >= 15 is 0 Å². The number of nitrogens with zero attached hydrogens (tertiary/aromatic N) is 1. The van der Waals surface area contributed by atoms with Crippen molar-refractivity contribution in [3.8, 4) is 6.07 Å². The molecule has 3 rings (SSSR count). The molecular weight excluding hydrogens is 311 g/mol. The van der Waals surface area contributed by atoms with E-state index in [1.54, 1.807) is 12.1 Å². The van der Waals surface area contributed by atoms with Crippen LogP contribution in [-0.2, 0) is 4.79 Å². The lowest BCUT2D eigenvalue weighted by Gasteiger charge is -2.40. The van der Waals surface area contributed by atoms with Crippen molar-refractivity contribution in [3.05, 3.63) is 46.9 Å². The van der Waals surface area contributed by atoms with Gasteiger partial charge in [-0.1, -0.05) is 38.2 Å². The van der Waals surface area contributed by atoms with E-state index in [4.69, 9.17) is 12.2 Å². The van der Waals surface area contributed by atoms with Gasteiger partial charge in [-0.25, -0.2) is 4.39 Å².